The van der Waals surface area contributed by atoms with E-state index in [1.807, 2.05) is 10.8 Å². The molecule has 21 heavy (non-hydrogen) atoms. The number of aliphatic hydroxyl groups is 1. The zero-order valence-corrected chi connectivity index (χ0v) is 12.3. The van der Waals surface area contributed by atoms with Gasteiger partial charge >= 0.3 is 0 Å². The topological polar surface area (TPSA) is 67.2 Å². The summed E-state index contributed by atoms with van der Waals surface area (Å²) in [4.78, 5) is 15.7. The molecule has 2 aromatic rings. The van der Waals surface area contributed by atoms with Gasteiger partial charge in [0.15, 0.2) is 0 Å². The molecule has 2 rings (SSSR count). The SMILES string of the molecule is O=C(CC(O)c1ccc(Cl)cc1)NCCCn1ccnc1. The first kappa shape index (κ1) is 15.5. The molecule has 0 radical (unpaired) electrons. The zero-order valence-electron chi connectivity index (χ0n) is 11.6. The Labute approximate surface area is 128 Å². The number of hydrogen-bond donors (Lipinski definition) is 2. The van der Waals surface area contributed by atoms with E-state index in [0.717, 1.165) is 13.0 Å². The van der Waals surface area contributed by atoms with Crippen molar-refractivity contribution < 1.29 is 9.90 Å². The molecular weight excluding hydrogens is 290 g/mol. The second-order valence-corrected chi connectivity index (χ2v) is 5.21. The van der Waals surface area contributed by atoms with Crippen molar-refractivity contribution in [2.45, 2.75) is 25.5 Å². The van der Waals surface area contributed by atoms with Gasteiger partial charge in [-0.25, -0.2) is 4.98 Å². The first-order valence-electron chi connectivity index (χ1n) is 6.81. The molecule has 0 saturated heterocycles. The Hall–Kier alpha value is -1.85. The van der Waals surface area contributed by atoms with Gasteiger partial charge < -0.3 is 15.0 Å². The number of aliphatic hydroxyl groups excluding tert-OH is 1. The van der Waals surface area contributed by atoms with Gasteiger partial charge in [0.2, 0.25) is 5.91 Å². The molecule has 0 bridgehead atoms. The number of halogens is 1. The highest BCUT2D eigenvalue weighted by atomic mass is 35.5. The van der Waals surface area contributed by atoms with E-state index >= 15 is 0 Å². The maximum atomic E-state index is 11.7. The van der Waals surface area contributed by atoms with E-state index in [1.165, 1.54) is 0 Å². The van der Waals surface area contributed by atoms with E-state index in [9.17, 15) is 9.90 Å². The lowest BCUT2D eigenvalue weighted by atomic mass is 10.1. The van der Waals surface area contributed by atoms with Crippen LogP contribution in [0.4, 0.5) is 0 Å². The average molecular weight is 308 g/mol. The fourth-order valence-electron chi connectivity index (χ4n) is 1.96. The second kappa shape index (κ2) is 7.81. The van der Waals surface area contributed by atoms with Gasteiger partial charge in [-0.1, -0.05) is 23.7 Å². The van der Waals surface area contributed by atoms with Crippen molar-refractivity contribution in [1.82, 2.24) is 14.9 Å². The van der Waals surface area contributed by atoms with Crippen molar-refractivity contribution >= 4 is 17.5 Å². The molecule has 0 aliphatic rings. The summed E-state index contributed by atoms with van der Waals surface area (Å²) in [5.41, 5.74) is 0.688. The molecular formula is C15H18ClN3O2. The Morgan fingerprint density at radius 2 is 2.14 bits per heavy atom. The summed E-state index contributed by atoms with van der Waals surface area (Å²) >= 11 is 5.78. The molecule has 112 valence electrons. The van der Waals surface area contributed by atoms with Gasteiger partial charge in [-0.3, -0.25) is 4.79 Å². The molecule has 1 aromatic carbocycles. The molecule has 1 unspecified atom stereocenters. The van der Waals surface area contributed by atoms with Crippen molar-refractivity contribution in [2.75, 3.05) is 6.54 Å². The van der Waals surface area contributed by atoms with E-state index in [2.05, 4.69) is 10.3 Å². The number of rotatable bonds is 7. The second-order valence-electron chi connectivity index (χ2n) is 4.78. The van der Waals surface area contributed by atoms with Crippen LogP contribution in [0.15, 0.2) is 43.0 Å². The summed E-state index contributed by atoms with van der Waals surface area (Å²) in [5, 5.41) is 13.4. The Morgan fingerprint density at radius 3 is 2.81 bits per heavy atom. The fraction of sp³-hybridized carbons (Fsp3) is 0.333. The van der Waals surface area contributed by atoms with Gasteiger partial charge in [0.1, 0.15) is 0 Å². The third-order valence-electron chi connectivity index (χ3n) is 3.11. The minimum atomic E-state index is -0.809. The number of aryl methyl sites for hydroxylation is 1. The van der Waals surface area contributed by atoms with Crippen LogP contribution in [0.1, 0.15) is 24.5 Å². The van der Waals surface area contributed by atoms with Crippen molar-refractivity contribution in [3.8, 4) is 0 Å². The smallest absolute Gasteiger partial charge is 0.222 e. The summed E-state index contributed by atoms with van der Waals surface area (Å²) in [7, 11) is 0. The molecule has 6 heteroatoms. The number of aromatic nitrogens is 2. The highest BCUT2D eigenvalue weighted by Gasteiger charge is 2.12. The molecule has 0 saturated carbocycles. The number of amides is 1. The summed E-state index contributed by atoms with van der Waals surface area (Å²) in [6.45, 7) is 1.38. The van der Waals surface area contributed by atoms with E-state index in [4.69, 9.17) is 11.6 Å². The minimum absolute atomic E-state index is 0.0483. The van der Waals surface area contributed by atoms with E-state index in [1.54, 1.807) is 36.8 Å². The van der Waals surface area contributed by atoms with Crippen molar-refractivity contribution in [3.05, 3.63) is 53.6 Å². The number of imidazole rings is 1. The Morgan fingerprint density at radius 1 is 1.38 bits per heavy atom. The van der Waals surface area contributed by atoms with Crippen LogP contribution in [0.3, 0.4) is 0 Å². The van der Waals surface area contributed by atoms with Gasteiger partial charge in [-0.2, -0.15) is 0 Å². The Bertz CT molecular complexity index is 555. The van der Waals surface area contributed by atoms with Gasteiger partial charge in [-0.05, 0) is 24.1 Å². The number of nitrogens with one attached hydrogen (secondary N) is 1. The van der Waals surface area contributed by atoms with Crippen LogP contribution in [0.25, 0.3) is 0 Å². The van der Waals surface area contributed by atoms with Gasteiger partial charge in [0.25, 0.3) is 0 Å². The molecule has 1 heterocycles. The number of benzene rings is 1. The fourth-order valence-corrected chi connectivity index (χ4v) is 2.08. The van der Waals surface area contributed by atoms with Gasteiger partial charge in [0, 0.05) is 30.5 Å². The van der Waals surface area contributed by atoms with Crippen LogP contribution < -0.4 is 5.32 Å². The van der Waals surface area contributed by atoms with E-state index in [-0.39, 0.29) is 12.3 Å². The lowest BCUT2D eigenvalue weighted by Crippen LogP contribution is -2.26. The predicted octanol–water partition coefficient (Wildman–Crippen LogP) is 2.17. The summed E-state index contributed by atoms with van der Waals surface area (Å²) < 4.78 is 1.95. The minimum Gasteiger partial charge on any atom is -0.388 e. The van der Waals surface area contributed by atoms with Crippen molar-refractivity contribution in [1.29, 1.82) is 0 Å². The maximum absolute atomic E-state index is 11.7. The monoisotopic (exact) mass is 307 g/mol. The molecule has 1 aromatic heterocycles. The number of hydrogen-bond acceptors (Lipinski definition) is 3. The largest absolute Gasteiger partial charge is 0.388 e. The quantitative estimate of drug-likeness (QED) is 0.770. The number of nitrogens with zero attached hydrogens (tertiary/aromatic N) is 2. The molecule has 0 spiro atoms. The lowest BCUT2D eigenvalue weighted by molar-refractivity contribution is -0.123. The molecule has 0 aliphatic carbocycles. The van der Waals surface area contributed by atoms with Crippen LogP contribution in [-0.4, -0.2) is 27.1 Å². The summed E-state index contributed by atoms with van der Waals surface area (Å²) in [6, 6.07) is 6.84. The van der Waals surface area contributed by atoms with Gasteiger partial charge in [-0.15, -0.1) is 0 Å². The summed E-state index contributed by atoms with van der Waals surface area (Å²) in [5.74, 6) is -0.164. The molecule has 1 atom stereocenters. The number of carbonyl (C=O) groups is 1. The molecule has 0 fully saturated rings. The molecule has 2 N–H and O–H groups in total. The van der Waals surface area contributed by atoms with Crippen LogP contribution >= 0.6 is 11.6 Å². The highest BCUT2D eigenvalue weighted by Crippen LogP contribution is 2.18. The van der Waals surface area contributed by atoms with Crippen LogP contribution in [0.5, 0.6) is 0 Å². The molecule has 5 nitrogen and oxygen atoms in total. The first-order chi connectivity index (χ1) is 10.1. The summed E-state index contributed by atoms with van der Waals surface area (Å²) in [6.07, 6.45) is 5.40. The third kappa shape index (κ3) is 5.21. The van der Waals surface area contributed by atoms with Crippen LogP contribution in [-0.2, 0) is 11.3 Å². The number of carbonyl (C=O) groups excluding carboxylic acids is 1. The Balaban J connectivity index is 1.67. The van der Waals surface area contributed by atoms with Crippen molar-refractivity contribution in [2.24, 2.45) is 0 Å². The van der Waals surface area contributed by atoms with E-state index < -0.39 is 6.10 Å². The average Bonchev–Trinajstić information content (AvgIpc) is 2.97. The van der Waals surface area contributed by atoms with Crippen LogP contribution in [0.2, 0.25) is 5.02 Å². The Kier molecular flexibility index (Phi) is 5.78. The maximum Gasteiger partial charge on any atom is 0.222 e. The standard InChI is InChI=1S/C15H18ClN3O2/c16-13-4-2-12(3-5-13)14(20)10-15(21)18-6-1-8-19-9-7-17-11-19/h2-5,7,9,11,14,20H,1,6,8,10H2,(H,18,21). The lowest BCUT2D eigenvalue weighted by Gasteiger charge is -2.11. The predicted molar refractivity (Wildman–Crippen MR) is 80.9 cm³/mol. The third-order valence-corrected chi connectivity index (χ3v) is 3.36. The highest BCUT2D eigenvalue weighted by molar-refractivity contribution is 6.30. The molecule has 0 aliphatic heterocycles. The normalized spacial score (nSPS) is 12.1. The zero-order chi connectivity index (χ0) is 15.1. The van der Waals surface area contributed by atoms with Crippen molar-refractivity contribution in [3.63, 3.8) is 0 Å². The van der Waals surface area contributed by atoms with Crippen LogP contribution in [0, 0.1) is 0 Å². The van der Waals surface area contributed by atoms with E-state index in [0.29, 0.717) is 17.1 Å². The molecule has 1 amide bonds. The van der Waals surface area contributed by atoms with Gasteiger partial charge in [0.05, 0.1) is 18.9 Å². The first-order valence-corrected chi connectivity index (χ1v) is 7.19.